The number of methoxy groups -OCH3 is 1. The van der Waals surface area contributed by atoms with Crippen LogP contribution >= 0.6 is 0 Å². The van der Waals surface area contributed by atoms with Crippen molar-refractivity contribution in [2.75, 3.05) is 13.7 Å². The molecule has 0 saturated carbocycles. The van der Waals surface area contributed by atoms with Crippen LogP contribution in [0.1, 0.15) is 40.8 Å². The van der Waals surface area contributed by atoms with Crippen LogP contribution in [0.5, 0.6) is 17.2 Å². The zero-order chi connectivity index (χ0) is 29.9. The highest BCUT2D eigenvalue weighted by atomic mass is 16.5. The van der Waals surface area contributed by atoms with Gasteiger partial charge in [0.1, 0.15) is 24.2 Å². The van der Waals surface area contributed by atoms with Gasteiger partial charge >= 0.3 is 0 Å². The summed E-state index contributed by atoms with van der Waals surface area (Å²) in [4.78, 5) is 28.7. The van der Waals surface area contributed by atoms with Crippen LogP contribution in [0.2, 0.25) is 0 Å². The molecule has 0 radical (unpaired) electrons. The van der Waals surface area contributed by atoms with Crippen LogP contribution in [0, 0.1) is 0 Å². The molecule has 2 aliphatic heterocycles. The average molecular weight is 576 g/mol. The second-order valence-electron chi connectivity index (χ2n) is 10.9. The van der Waals surface area contributed by atoms with Crippen LogP contribution in [0.3, 0.4) is 0 Å². The Bertz CT molecular complexity index is 1680. The largest absolute Gasteiger partial charge is 0.507 e. The summed E-state index contributed by atoms with van der Waals surface area (Å²) in [5.41, 5.74) is 4.15. The number of carbonyl (C=O) groups is 2. The molecule has 1 amide bonds. The molecule has 1 saturated heterocycles. The van der Waals surface area contributed by atoms with E-state index in [0.717, 1.165) is 22.4 Å². The highest BCUT2D eigenvalue weighted by molar-refractivity contribution is 6.46. The van der Waals surface area contributed by atoms with Crippen molar-refractivity contribution in [1.82, 2.24) is 4.90 Å². The van der Waals surface area contributed by atoms with Crippen molar-refractivity contribution in [3.8, 4) is 17.2 Å². The van der Waals surface area contributed by atoms with E-state index in [1.54, 1.807) is 36.3 Å². The van der Waals surface area contributed by atoms with Crippen molar-refractivity contribution in [1.29, 1.82) is 0 Å². The van der Waals surface area contributed by atoms with Crippen LogP contribution in [-0.4, -0.2) is 41.5 Å². The van der Waals surface area contributed by atoms with Gasteiger partial charge in [0.15, 0.2) is 11.5 Å². The lowest BCUT2D eigenvalue weighted by atomic mass is 9.94. The third kappa shape index (κ3) is 5.71. The van der Waals surface area contributed by atoms with E-state index in [9.17, 15) is 14.7 Å². The summed E-state index contributed by atoms with van der Waals surface area (Å²) >= 11 is 0. The summed E-state index contributed by atoms with van der Waals surface area (Å²) in [6.45, 7) is 2.63. The number of aliphatic hydroxyl groups excluding tert-OH is 1. The molecule has 1 N–H and O–H groups in total. The van der Waals surface area contributed by atoms with Crippen LogP contribution in [0.15, 0.2) is 103 Å². The van der Waals surface area contributed by atoms with Gasteiger partial charge in [0.2, 0.25) is 0 Å². The number of Topliss-reactive ketones (excluding diaryl/α,β-unsaturated/α-hetero) is 1. The summed E-state index contributed by atoms with van der Waals surface area (Å²) in [5.74, 6) is 0.180. The number of ketones is 1. The van der Waals surface area contributed by atoms with E-state index in [1.165, 1.54) is 0 Å². The Hall–Kier alpha value is -5.04. The number of nitrogens with zero attached hydrogens (tertiary/aromatic N) is 1. The van der Waals surface area contributed by atoms with E-state index >= 15 is 0 Å². The van der Waals surface area contributed by atoms with Crippen LogP contribution in [0.4, 0.5) is 0 Å². The number of aliphatic hydroxyl groups is 1. The highest BCUT2D eigenvalue weighted by Crippen LogP contribution is 2.43. The molecule has 0 spiro atoms. The van der Waals surface area contributed by atoms with Gasteiger partial charge < -0.3 is 24.2 Å². The molecule has 43 heavy (non-hydrogen) atoms. The number of likely N-dealkylation sites (tertiary alicyclic amines) is 1. The zero-order valence-corrected chi connectivity index (χ0v) is 24.2. The topological polar surface area (TPSA) is 85.3 Å². The SMILES string of the molecule is COc1cc(C2/C(=C(/O)c3ccc4c(c3)CC(C)O4)C(=O)C(=O)N2CCc2ccccc2)ccc1OCc1ccccc1. The lowest BCUT2D eigenvalue weighted by Crippen LogP contribution is -2.31. The Labute approximate surface area is 250 Å². The summed E-state index contributed by atoms with van der Waals surface area (Å²) in [5, 5.41) is 11.6. The molecule has 7 heteroatoms. The van der Waals surface area contributed by atoms with Gasteiger partial charge in [-0.3, -0.25) is 9.59 Å². The first-order chi connectivity index (χ1) is 20.9. The average Bonchev–Trinajstić information content (AvgIpc) is 3.54. The van der Waals surface area contributed by atoms with Crippen LogP contribution in [-0.2, 0) is 29.0 Å². The van der Waals surface area contributed by atoms with Crippen LogP contribution in [0.25, 0.3) is 5.76 Å². The Morgan fingerprint density at radius 3 is 2.35 bits per heavy atom. The van der Waals surface area contributed by atoms with Gasteiger partial charge in [-0.2, -0.15) is 0 Å². The first-order valence-corrected chi connectivity index (χ1v) is 14.4. The lowest BCUT2D eigenvalue weighted by Gasteiger charge is -2.26. The third-order valence-electron chi connectivity index (χ3n) is 7.93. The van der Waals surface area contributed by atoms with Gasteiger partial charge in [-0.1, -0.05) is 66.7 Å². The van der Waals surface area contributed by atoms with E-state index in [0.29, 0.717) is 48.6 Å². The second-order valence-corrected chi connectivity index (χ2v) is 10.9. The van der Waals surface area contributed by atoms with Crippen molar-refractivity contribution in [3.05, 3.63) is 130 Å². The van der Waals surface area contributed by atoms with E-state index < -0.39 is 17.7 Å². The molecule has 7 nitrogen and oxygen atoms in total. The first-order valence-electron chi connectivity index (χ1n) is 14.4. The molecule has 218 valence electrons. The molecule has 0 bridgehead atoms. The van der Waals surface area contributed by atoms with Gasteiger partial charge in [-0.05, 0) is 65.9 Å². The summed E-state index contributed by atoms with van der Waals surface area (Å²) in [6, 6.07) is 29.5. The number of benzene rings is 4. The molecular formula is C36H33NO6. The van der Waals surface area contributed by atoms with E-state index in [4.69, 9.17) is 14.2 Å². The van der Waals surface area contributed by atoms with Crippen molar-refractivity contribution < 1.29 is 28.9 Å². The van der Waals surface area contributed by atoms with Gasteiger partial charge in [-0.25, -0.2) is 0 Å². The molecule has 0 aliphatic carbocycles. The molecule has 1 fully saturated rings. The molecule has 2 aliphatic rings. The van der Waals surface area contributed by atoms with Crippen molar-refractivity contribution in [3.63, 3.8) is 0 Å². The highest BCUT2D eigenvalue weighted by Gasteiger charge is 2.46. The molecule has 2 atom stereocenters. The first kappa shape index (κ1) is 28.1. The van der Waals surface area contributed by atoms with Crippen molar-refractivity contribution in [2.45, 2.75) is 38.5 Å². The number of fused-ring (bicyclic) bond motifs is 1. The number of rotatable bonds is 9. The van der Waals surface area contributed by atoms with E-state index in [2.05, 4.69) is 0 Å². The maximum absolute atomic E-state index is 13.6. The predicted molar refractivity (Wildman–Crippen MR) is 163 cm³/mol. The third-order valence-corrected chi connectivity index (χ3v) is 7.93. The minimum atomic E-state index is -0.816. The Morgan fingerprint density at radius 2 is 1.63 bits per heavy atom. The Morgan fingerprint density at radius 1 is 0.907 bits per heavy atom. The maximum Gasteiger partial charge on any atom is 0.295 e. The smallest absolute Gasteiger partial charge is 0.295 e. The Balaban J connectivity index is 1.39. The number of ether oxygens (including phenoxy) is 3. The van der Waals surface area contributed by atoms with Gasteiger partial charge in [0.25, 0.3) is 11.7 Å². The molecule has 4 aromatic rings. The normalized spacial score (nSPS) is 18.8. The molecule has 0 aromatic heterocycles. The fourth-order valence-electron chi connectivity index (χ4n) is 5.79. The second kappa shape index (κ2) is 12.1. The maximum atomic E-state index is 13.6. The zero-order valence-electron chi connectivity index (χ0n) is 24.2. The van der Waals surface area contributed by atoms with Crippen molar-refractivity contribution >= 4 is 17.4 Å². The lowest BCUT2D eigenvalue weighted by molar-refractivity contribution is -0.139. The fraction of sp³-hybridized carbons (Fsp3) is 0.222. The Kier molecular flexibility index (Phi) is 7.88. The summed E-state index contributed by atoms with van der Waals surface area (Å²) in [7, 11) is 1.55. The standard InChI is InChI=1S/C36H33NO6/c1-23-19-28-20-27(14-15-29(28)43-23)34(38)32-33(37(36(40)35(32)39)18-17-24-9-5-3-6-10-24)26-13-16-30(31(21-26)41-2)42-22-25-11-7-4-8-12-25/h3-16,20-21,23,33,38H,17-19,22H2,1-2H3/b34-32-. The van der Waals surface area contributed by atoms with Gasteiger partial charge in [0, 0.05) is 18.5 Å². The van der Waals surface area contributed by atoms with Crippen LogP contribution < -0.4 is 14.2 Å². The molecule has 4 aromatic carbocycles. The number of carbonyl (C=O) groups excluding carboxylic acids is 2. The summed E-state index contributed by atoms with van der Waals surface area (Å²) in [6.07, 6.45) is 1.28. The quantitative estimate of drug-likeness (QED) is 0.144. The minimum absolute atomic E-state index is 0.0334. The van der Waals surface area contributed by atoms with Gasteiger partial charge in [-0.15, -0.1) is 0 Å². The fourth-order valence-corrected chi connectivity index (χ4v) is 5.79. The predicted octanol–water partition coefficient (Wildman–Crippen LogP) is 6.26. The van der Waals surface area contributed by atoms with Gasteiger partial charge in [0.05, 0.1) is 18.7 Å². The number of hydrogen-bond donors (Lipinski definition) is 1. The molecule has 2 heterocycles. The minimum Gasteiger partial charge on any atom is -0.507 e. The number of hydrogen-bond acceptors (Lipinski definition) is 6. The molecule has 2 unspecified atom stereocenters. The summed E-state index contributed by atoms with van der Waals surface area (Å²) < 4.78 is 17.6. The van der Waals surface area contributed by atoms with E-state index in [-0.39, 0.29) is 17.4 Å². The number of amides is 1. The van der Waals surface area contributed by atoms with Crippen molar-refractivity contribution in [2.24, 2.45) is 0 Å². The monoisotopic (exact) mass is 575 g/mol. The molecule has 6 rings (SSSR count). The van der Waals surface area contributed by atoms with E-state index in [1.807, 2.05) is 79.7 Å². The molecular weight excluding hydrogens is 542 g/mol.